The molecule has 0 aromatic heterocycles. The van der Waals surface area contributed by atoms with Crippen LogP contribution in [-0.4, -0.2) is 30.9 Å². The number of carbonyl (C=O) groups excluding carboxylic acids is 1. The molecule has 1 amide bonds. The quantitative estimate of drug-likeness (QED) is 0.736. The third-order valence-corrected chi connectivity index (χ3v) is 8.67. The zero-order chi connectivity index (χ0) is 20.9. The van der Waals surface area contributed by atoms with Gasteiger partial charge in [-0.3, -0.25) is 0 Å². The summed E-state index contributed by atoms with van der Waals surface area (Å²) in [4.78, 5) is 12.5. The summed E-state index contributed by atoms with van der Waals surface area (Å²) in [6, 6.07) is 8.55. The van der Waals surface area contributed by atoms with Crippen LogP contribution in [0.15, 0.2) is 24.3 Å². The van der Waals surface area contributed by atoms with Crippen LogP contribution in [0.1, 0.15) is 71.0 Å². The third-order valence-electron chi connectivity index (χ3n) is 8.67. The number of para-hydroxylation sites is 1. The van der Waals surface area contributed by atoms with Gasteiger partial charge >= 0.3 is 6.09 Å². The SMILES string of the molecule is C[C@@H]1C[C@]2(C)Oc3ccccc3[C@H]3OC[C@@]1(COC(=O)NC1CCCCC1)[C@H](C)[C@H]32. The molecule has 0 spiro atoms. The van der Waals surface area contributed by atoms with Gasteiger partial charge in [0, 0.05) is 22.9 Å². The molecule has 30 heavy (non-hydrogen) atoms. The van der Waals surface area contributed by atoms with Crippen molar-refractivity contribution in [1.29, 1.82) is 0 Å². The number of fused-ring (bicyclic) bond motifs is 3. The number of hydrogen-bond acceptors (Lipinski definition) is 4. The fourth-order valence-corrected chi connectivity index (χ4v) is 6.91. The minimum atomic E-state index is -0.267. The predicted octanol–water partition coefficient (Wildman–Crippen LogP) is 5.25. The molecule has 2 heterocycles. The Balaban J connectivity index is 1.34. The van der Waals surface area contributed by atoms with Crippen LogP contribution in [0, 0.1) is 23.2 Å². The molecule has 1 N–H and O–H groups in total. The van der Waals surface area contributed by atoms with Crippen LogP contribution in [0.2, 0.25) is 0 Å². The molecular formula is C25H35NO4. The van der Waals surface area contributed by atoms with Gasteiger partial charge in [-0.25, -0.2) is 4.79 Å². The second kappa shape index (κ2) is 7.44. The van der Waals surface area contributed by atoms with Crippen molar-refractivity contribution in [2.45, 2.75) is 77.0 Å². The summed E-state index contributed by atoms with van der Waals surface area (Å²) in [5.74, 6) is 1.88. The van der Waals surface area contributed by atoms with Gasteiger partial charge in [-0.2, -0.15) is 0 Å². The molecule has 1 aromatic carbocycles. The number of benzene rings is 1. The lowest BCUT2D eigenvalue weighted by atomic mass is 9.50. The number of ether oxygens (including phenoxy) is 3. The third kappa shape index (κ3) is 3.12. The van der Waals surface area contributed by atoms with E-state index >= 15 is 0 Å². The van der Waals surface area contributed by atoms with Gasteiger partial charge in [0.15, 0.2) is 0 Å². The number of alkyl carbamates (subject to hydrolysis) is 1. The molecule has 2 saturated carbocycles. The highest BCUT2D eigenvalue weighted by molar-refractivity contribution is 5.67. The molecular weight excluding hydrogens is 378 g/mol. The van der Waals surface area contributed by atoms with Gasteiger partial charge < -0.3 is 19.5 Å². The zero-order valence-electron chi connectivity index (χ0n) is 18.5. The maximum absolute atomic E-state index is 12.5. The summed E-state index contributed by atoms with van der Waals surface area (Å²) in [6.07, 6.45) is 6.52. The highest BCUT2D eigenvalue weighted by atomic mass is 16.6. The fraction of sp³-hybridized carbons (Fsp3) is 0.720. The zero-order valence-corrected chi connectivity index (χ0v) is 18.5. The molecule has 3 fully saturated rings. The van der Waals surface area contributed by atoms with Gasteiger partial charge in [-0.05, 0) is 44.1 Å². The second-order valence-electron chi connectivity index (χ2n) is 10.4. The largest absolute Gasteiger partial charge is 0.487 e. The van der Waals surface area contributed by atoms with Crippen LogP contribution in [0.4, 0.5) is 4.79 Å². The Hall–Kier alpha value is -1.75. The van der Waals surface area contributed by atoms with Crippen LogP contribution >= 0.6 is 0 Å². The molecule has 5 heteroatoms. The number of amides is 1. The van der Waals surface area contributed by atoms with Crippen molar-refractivity contribution in [2.24, 2.45) is 23.2 Å². The summed E-state index contributed by atoms with van der Waals surface area (Å²) < 4.78 is 19.0. The molecule has 2 aliphatic carbocycles. The number of carbonyl (C=O) groups is 1. The molecule has 4 aliphatic rings. The summed E-state index contributed by atoms with van der Waals surface area (Å²) in [7, 11) is 0. The van der Waals surface area contributed by atoms with Gasteiger partial charge in [0.1, 0.15) is 18.0 Å². The van der Waals surface area contributed by atoms with Gasteiger partial charge in [0.25, 0.3) is 0 Å². The van der Waals surface area contributed by atoms with E-state index in [0.29, 0.717) is 25.0 Å². The van der Waals surface area contributed by atoms with Gasteiger partial charge in [-0.15, -0.1) is 0 Å². The van der Waals surface area contributed by atoms with Crippen molar-refractivity contribution < 1.29 is 19.0 Å². The van der Waals surface area contributed by atoms with E-state index in [1.54, 1.807) is 0 Å². The van der Waals surface area contributed by atoms with E-state index in [1.807, 2.05) is 6.07 Å². The average molecular weight is 414 g/mol. The Bertz CT molecular complexity index is 806. The minimum absolute atomic E-state index is 0.0478. The first-order valence-corrected chi connectivity index (χ1v) is 11.8. The van der Waals surface area contributed by atoms with E-state index in [0.717, 1.165) is 30.6 Å². The molecule has 5 nitrogen and oxygen atoms in total. The van der Waals surface area contributed by atoms with Crippen molar-refractivity contribution in [3.05, 3.63) is 29.8 Å². The molecule has 1 saturated heterocycles. The number of rotatable bonds is 3. The van der Waals surface area contributed by atoms with E-state index in [9.17, 15) is 4.79 Å². The van der Waals surface area contributed by atoms with Crippen LogP contribution in [-0.2, 0) is 9.47 Å². The summed E-state index contributed by atoms with van der Waals surface area (Å²) in [5, 5.41) is 3.09. The Kier molecular flexibility index (Phi) is 5.00. The lowest BCUT2D eigenvalue weighted by Gasteiger charge is -2.63. The smallest absolute Gasteiger partial charge is 0.407 e. The lowest BCUT2D eigenvalue weighted by molar-refractivity contribution is -0.259. The highest BCUT2D eigenvalue weighted by Gasteiger charge is 2.64. The summed E-state index contributed by atoms with van der Waals surface area (Å²) in [5.41, 5.74) is 0.734. The Morgan fingerprint density at radius 2 is 1.97 bits per heavy atom. The van der Waals surface area contributed by atoms with E-state index in [2.05, 4.69) is 44.3 Å². The molecule has 5 rings (SSSR count). The standard InChI is InChI=1S/C25H35NO4/c1-16-13-24(3)21-17(2)25(16,15-29-23(27)26-18-9-5-4-6-10-18)14-28-22(21)19-11-7-8-12-20(19)30-24/h7-8,11-12,16-18,21-22H,4-6,9-10,13-15H2,1-3H3,(H,26,27)/t16-,17-,21-,22-,24+,25+/m1/s1. The average Bonchev–Trinajstić information content (AvgIpc) is 2.73. The molecule has 2 bridgehead atoms. The Morgan fingerprint density at radius 1 is 1.20 bits per heavy atom. The molecule has 2 aliphatic heterocycles. The summed E-state index contributed by atoms with van der Waals surface area (Å²) >= 11 is 0. The highest BCUT2D eigenvalue weighted by Crippen LogP contribution is 2.63. The van der Waals surface area contributed by atoms with Crippen LogP contribution in [0.3, 0.4) is 0 Å². The minimum Gasteiger partial charge on any atom is -0.487 e. The van der Waals surface area contributed by atoms with Crippen molar-refractivity contribution in [3.8, 4) is 5.75 Å². The van der Waals surface area contributed by atoms with E-state index in [1.165, 1.54) is 19.3 Å². The first-order chi connectivity index (χ1) is 14.4. The second-order valence-corrected chi connectivity index (χ2v) is 10.4. The van der Waals surface area contributed by atoms with Gasteiger partial charge in [-0.1, -0.05) is 51.3 Å². The van der Waals surface area contributed by atoms with Crippen molar-refractivity contribution >= 4 is 6.09 Å². The monoisotopic (exact) mass is 413 g/mol. The van der Waals surface area contributed by atoms with Gasteiger partial charge in [0.05, 0.1) is 12.7 Å². The molecule has 164 valence electrons. The molecule has 0 radical (unpaired) electrons. The van der Waals surface area contributed by atoms with Crippen molar-refractivity contribution in [2.75, 3.05) is 13.2 Å². The topological polar surface area (TPSA) is 56.8 Å². The Morgan fingerprint density at radius 3 is 2.77 bits per heavy atom. The Labute approximate surface area is 179 Å². The molecule has 0 unspecified atom stereocenters. The van der Waals surface area contributed by atoms with Crippen LogP contribution in [0.5, 0.6) is 5.75 Å². The maximum atomic E-state index is 12.5. The number of nitrogens with one attached hydrogen (secondary N) is 1. The van der Waals surface area contributed by atoms with E-state index in [-0.39, 0.29) is 35.2 Å². The molecule has 1 aromatic rings. The normalized spacial score (nSPS) is 40.1. The van der Waals surface area contributed by atoms with Crippen LogP contribution < -0.4 is 10.1 Å². The summed E-state index contributed by atoms with van der Waals surface area (Å²) in [6.45, 7) is 7.86. The van der Waals surface area contributed by atoms with Crippen molar-refractivity contribution in [1.82, 2.24) is 5.32 Å². The number of hydrogen-bond donors (Lipinski definition) is 1. The van der Waals surface area contributed by atoms with Crippen LogP contribution in [0.25, 0.3) is 0 Å². The fourth-order valence-electron chi connectivity index (χ4n) is 6.91. The van der Waals surface area contributed by atoms with E-state index < -0.39 is 0 Å². The first kappa shape index (κ1) is 20.2. The van der Waals surface area contributed by atoms with E-state index in [4.69, 9.17) is 14.2 Å². The van der Waals surface area contributed by atoms with Gasteiger partial charge in [0.2, 0.25) is 0 Å². The maximum Gasteiger partial charge on any atom is 0.407 e. The van der Waals surface area contributed by atoms with Crippen molar-refractivity contribution in [3.63, 3.8) is 0 Å². The first-order valence-electron chi connectivity index (χ1n) is 11.8. The lowest BCUT2D eigenvalue weighted by Crippen LogP contribution is -2.66. The predicted molar refractivity (Wildman–Crippen MR) is 114 cm³/mol. The molecule has 6 atom stereocenters.